The average Bonchev–Trinajstić information content (AvgIpc) is 2.74. The molecule has 1 aromatic heterocycles. The van der Waals surface area contributed by atoms with E-state index in [4.69, 9.17) is 4.74 Å². The monoisotopic (exact) mass is 406 g/mol. The minimum absolute atomic E-state index is 0.00357. The van der Waals surface area contributed by atoms with Crippen molar-refractivity contribution < 1.29 is 9.53 Å². The number of nitrogens with zero attached hydrogens (tertiary/aromatic N) is 1. The lowest BCUT2D eigenvalue weighted by molar-refractivity contribution is -0.123. The molecule has 30 heavy (non-hydrogen) atoms. The molecule has 3 aromatic rings. The van der Waals surface area contributed by atoms with Gasteiger partial charge in [0.1, 0.15) is 5.75 Å². The fourth-order valence-electron chi connectivity index (χ4n) is 3.60. The normalized spacial score (nSPS) is 11.1. The minimum Gasteiger partial charge on any atom is -0.484 e. The van der Waals surface area contributed by atoms with Gasteiger partial charge in [-0.05, 0) is 42.0 Å². The Morgan fingerprint density at radius 1 is 1.10 bits per heavy atom. The highest BCUT2D eigenvalue weighted by Crippen LogP contribution is 2.27. The van der Waals surface area contributed by atoms with Crippen molar-refractivity contribution in [2.75, 3.05) is 13.2 Å². The van der Waals surface area contributed by atoms with Crippen LogP contribution < -0.4 is 15.6 Å². The van der Waals surface area contributed by atoms with Gasteiger partial charge in [-0.1, -0.05) is 51.1 Å². The molecule has 2 aromatic carbocycles. The number of nitrogens with one attached hydrogen (secondary N) is 1. The molecule has 0 radical (unpaired) electrons. The van der Waals surface area contributed by atoms with E-state index in [0.29, 0.717) is 18.8 Å². The number of carbonyl (C=O) groups is 1. The van der Waals surface area contributed by atoms with Gasteiger partial charge in [0.2, 0.25) is 0 Å². The zero-order valence-electron chi connectivity index (χ0n) is 18.0. The number of hydrogen-bond donors (Lipinski definition) is 1. The zero-order chi connectivity index (χ0) is 21.5. The van der Waals surface area contributed by atoms with Crippen LogP contribution in [0.15, 0.2) is 59.4 Å². The van der Waals surface area contributed by atoms with E-state index in [-0.39, 0.29) is 24.0 Å². The standard InChI is InChI=1S/C25H30N2O3/c1-4-14-27-23-15-20(10-11-21(23)22(18(2)3)16-25(27)29)30-17-24(28)26-13-12-19-8-6-5-7-9-19/h5-11,15-16,18H,4,12-14,17H2,1-3H3,(H,26,28). The van der Waals surface area contributed by atoms with E-state index >= 15 is 0 Å². The van der Waals surface area contributed by atoms with Crippen molar-refractivity contribution >= 4 is 16.8 Å². The average molecular weight is 407 g/mol. The summed E-state index contributed by atoms with van der Waals surface area (Å²) in [5.41, 5.74) is 3.08. The van der Waals surface area contributed by atoms with Gasteiger partial charge >= 0.3 is 0 Å². The van der Waals surface area contributed by atoms with Crippen molar-refractivity contribution in [1.82, 2.24) is 9.88 Å². The summed E-state index contributed by atoms with van der Waals surface area (Å²) in [6, 6.07) is 17.5. The maximum absolute atomic E-state index is 12.6. The zero-order valence-corrected chi connectivity index (χ0v) is 18.0. The Balaban J connectivity index is 1.69. The van der Waals surface area contributed by atoms with E-state index in [0.717, 1.165) is 29.3 Å². The molecule has 0 unspecified atom stereocenters. The summed E-state index contributed by atoms with van der Waals surface area (Å²) in [6.45, 7) is 7.39. The van der Waals surface area contributed by atoms with Gasteiger partial charge in [-0.3, -0.25) is 9.59 Å². The van der Waals surface area contributed by atoms with Gasteiger partial charge < -0.3 is 14.6 Å². The highest BCUT2D eigenvalue weighted by Gasteiger charge is 2.13. The molecule has 1 N–H and O–H groups in total. The number of fused-ring (bicyclic) bond motifs is 1. The molecule has 3 rings (SSSR count). The number of carbonyl (C=O) groups excluding carboxylic acids is 1. The van der Waals surface area contributed by atoms with Crippen molar-refractivity contribution in [3.05, 3.63) is 76.1 Å². The van der Waals surface area contributed by atoms with Gasteiger partial charge in [0.05, 0.1) is 5.52 Å². The third-order valence-electron chi connectivity index (χ3n) is 5.13. The van der Waals surface area contributed by atoms with Gasteiger partial charge in [-0.15, -0.1) is 0 Å². The molecule has 0 aliphatic rings. The Hall–Kier alpha value is -3.08. The molecule has 0 aliphatic carbocycles. The fraction of sp³-hybridized carbons (Fsp3) is 0.360. The number of rotatable bonds is 9. The second-order valence-electron chi connectivity index (χ2n) is 7.80. The molecule has 0 saturated carbocycles. The van der Waals surface area contributed by atoms with E-state index in [2.05, 4.69) is 26.1 Å². The third kappa shape index (κ3) is 5.29. The molecular formula is C25H30N2O3. The molecule has 5 heteroatoms. The van der Waals surface area contributed by atoms with Crippen LogP contribution in [0.25, 0.3) is 10.9 Å². The number of ether oxygens (including phenoxy) is 1. The van der Waals surface area contributed by atoms with Crippen LogP contribution in [0.2, 0.25) is 0 Å². The Kier molecular flexibility index (Phi) is 7.28. The SMILES string of the molecule is CCCn1c(=O)cc(C(C)C)c2ccc(OCC(=O)NCCc3ccccc3)cc21. The highest BCUT2D eigenvalue weighted by atomic mass is 16.5. The van der Waals surface area contributed by atoms with E-state index in [1.807, 2.05) is 48.5 Å². The summed E-state index contributed by atoms with van der Waals surface area (Å²) in [6.07, 6.45) is 1.65. The largest absolute Gasteiger partial charge is 0.484 e. The summed E-state index contributed by atoms with van der Waals surface area (Å²) in [4.78, 5) is 24.8. The van der Waals surface area contributed by atoms with E-state index in [1.165, 1.54) is 5.56 Å². The van der Waals surface area contributed by atoms with Crippen LogP contribution in [0.5, 0.6) is 5.75 Å². The first-order chi connectivity index (χ1) is 14.5. The number of amides is 1. The maximum atomic E-state index is 12.6. The molecule has 0 saturated heterocycles. The van der Waals surface area contributed by atoms with Gasteiger partial charge in [0, 0.05) is 30.6 Å². The number of aromatic nitrogens is 1. The van der Waals surface area contributed by atoms with Crippen molar-refractivity contribution in [2.24, 2.45) is 0 Å². The summed E-state index contributed by atoms with van der Waals surface area (Å²) in [5.74, 6) is 0.678. The van der Waals surface area contributed by atoms with Crippen molar-refractivity contribution in [2.45, 2.75) is 46.1 Å². The van der Waals surface area contributed by atoms with Gasteiger partial charge in [0.15, 0.2) is 6.61 Å². The van der Waals surface area contributed by atoms with E-state index in [9.17, 15) is 9.59 Å². The van der Waals surface area contributed by atoms with Crippen LogP contribution in [0.3, 0.4) is 0 Å². The first-order valence-electron chi connectivity index (χ1n) is 10.6. The first-order valence-corrected chi connectivity index (χ1v) is 10.6. The molecule has 0 aliphatic heterocycles. The predicted octanol–water partition coefficient (Wildman–Crippen LogP) is 4.27. The molecule has 0 bridgehead atoms. The second-order valence-corrected chi connectivity index (χ2v) is 7.80. The lowest BCUT2D eigenvalue weighted by Crippen LogP contribution is -2.30. The number of pyridine rings is 1. The molecule has 0 atom stereocenters. The highest BCUT2D eigenvalue weighted by molar-refractivity contribution is 5.84. The van der Waals surface area contributed by atoms with Crippen LogP contribution in [0, 0.1) is 0 Å². The lowest BCUT2D eigenvalue weighted by atomic mass is 9.98. The number of aryl methyl sites for hydroxylation is 1. The second kappa shape index (κ2) is 10.1. The lowest BCUT2D eigenvalue weighted by Gasteiger charge is -2.16. The Morgan fingerprint density at radius 3 is 2.57 bits per heavy atom. The van der Waals surface area contributed by atoms with Crippen LogP contribution in [-0.4, -0.2) is 23.6 Å². The number of hydrogen-bond acceptors (Lipinski definition) is 3. The van der Waals surface area contributed by atoms with Crippen molar-refractivity contribution in [1.29, 1.82) is 0 Å². The molecule has 5 nitrogen and oxygen atoms in total. The molecule has 158 valence electrons. The molecular weight excluding hydrogens is 376 g/mol. The molecule has 0 fully saturated rings. The number of benzene rings is 2. The third-order valence-corrected chi connectivity index (χ3v) is 5.13. The van der Waals surface area contributed by atoms with Crippen LogP contribution in [0.1, 0.15) is 44.2 Å². The van der Waals surface area contributed by atoms with Crippen LogP contribution >= 0.6 is 0 Å². The molecule has 1 amide bonds. The van der Waals surface area contributed by atoms with Crippen molar-refractivity contribution in [3.8, 4) is 5.75 Å². The Morgan fingerprint density at radius 2 is 1.87 bits per heavy atom. The summed E-state index contributed by atoms with van der Waals surface area (Å²) < 4.78 is 7.51. The van der Waals surface area contributed by atoms with Gasteiger partial charge in [-0.2, -0.15) is 0 Å². The molecule has 1 heterocycles. The van der Waals surface area contributed by atoms with Crippen LogP contribution in [0.4, 0.5) is 0 Å². The van der Waals surface area contributed by atoms with Gasteiger partial charge in [0.25, 0.3) is 11.5 Å². The molecule has 0 spiro atoms. The predicted molar refractivity (Wildman–Crippen MR) is 121 cm³/mol. The van der Waals surface area contributed by atoms with Crippen molar-refractivity contribution in [3.63, 3.8) is 0 Å². The maximum Gasteiger partial charge on any atom is 0.257 e. The Labute approximate surface area is 177 Å². The van der Waals surface area contributed by atoms with E-state index < -0.39 is 0 Å². The summed E-state index contributed by atoms with van der Waals surface area (Å²) in [5, 5.41) is 3.94. The van der Waals surface area contributed by atoms with E-state index in [1.54, 1.807) is 10.6 Å². The quantitative estimate of drug-likeness (QED) is 0.577. The minimum atomic E-state index is -0.159. The van der Waals surface area contributed by atoms with Gasteiger partial charge in [-0.25, -0.2) is 0 Å². The smallest absolute Gasteiger partial charge is 0.257 e. The van der Waals surface area contributed by atoms with Crippen LogP contribution in [-0.2, 0) is 17.8 Å². The summed E-state index contributed by atoms with van der Waals surface area (Å²) in [7, 11) is 0. The fourth-order valence-corrected chi connectivity index (χ4v) is 3.60. The first kappa shape index (κ1) is 21.6. The Bertz CT molecular complexity index is 1060. The topological polar surface area (TPSA) is 60.3 Å². The summed E-state index contributed by atoms with van der Waals surface area (Å²) >= 11 is 0.